The lowest BCUT2D eigenvalue weighted by Gasteiger charge is -2.20. The van der Waals surface area contributed by atoms with E-state index in [1.165, 1.54) is 0 Å². The van der Waals surface area contributed by atoms with Gasteiger partial charge in [0.25, 0.3) is 0 Å². The van der Waals surface area contributed by atoms with E-state index in [-0.39, 0.29) is 13.0 Å². The van der Waals surface area contributed by atoms with Crippen LogP contribution < -0.4 is 0 Å². The Labute approximate surface area is 84.3 Å². The Bertz CT molecular complexity index is 193. The van der Waals surface area contributed by atoms with Crippen LogP contribution in [0.3, 0.4) is 0 Å². The highest BCUT2D eigenvalue weighted by atomic mass is 16.6. The van der Waals surface area contributed by atoms with Gasteiger partial charge in [-0.1, -0.05) is 0 Å². The summed E-state index contributed by atoms with van der Waals surface area (Å²) < 4.78 is 5.04. The summed E-state index contributed by atoms with van der Waals surface area (Å²) in [4.78, 5) is 21.7. The number of aliphatic hydroxyl groups is 1. The number of ether oxygens (including phenoxy) is 1. The highest BCUT2D eigenvalue weighted by Gasteiger charge is 2.19. The van der Waals surface area contributed by atoms with E-state index in [0.717, 1.165) is 0 Å². The van der Waals surface area contributed by atoms with E-state index < -0.39 is 17.5 Å². The quantitative estimate of drug-likeness (QED) is 0.531. The van der Waals surface area contributed by atoms with E-state index in [1.807, 2.05) is 0 Å². The van der Waals surface area contributed by atoms with Crippen LogP contribution in [0.5, 0.6) is 0 Å². The summed E-state index contributed by atoms with van der Waals surface area (Å²) in [6, 6.07) is 0. The fraction of sp³-hybridized carbons (Fsp3) is 0.800. The molecular formula is C10H18O4. The molecule has 14 heavy (non-hydrogen) atoms. The van der Waals surface area contributed by atoms with Gasteiger partial charge < -0.3 is 14.6 Å². The lowest BCUT2D eigenvalue weighted by Crippen LogP contribution is -2.25. The van der Waals surface area contributed by atoms with E-state index in [0.29, 0.717) is 12.7 Å². The first kappa shape index (κ1) is 13.1. The molecule has 0 aromatic rings. The normalized spacial score (nSPS) is 13.4. The SMILES string of the molecule is CC(C)(C)OC(=O)CC(C=O)CCO. The number of esters is 1. The molecule has 0 spiro atoms. The molecule has 4 heteroatoms. The van der Waals surface area contributed by atoms with Crippen LogP contribution in [0.4, 0.5) is 0 Å². The average molecular weight is 202 g/mol. The molecule has 1 atom stereocenters. The molecule has 0 fully saturated rings. The molecule has 0 aliphatic rings. The van der Waals surface area contributed by atoms with Crippen molar-refractivity contribution >= 4 is 12.3 Å². The Balaban J connectivity index is 3.97. The smallest absolute Gasteiger partial charge is 0.307 e. The van der Waals surface area contributed by atoms with Crippen molar-refractivity contribution in [3.63, 3.8) is 0 Å². The summed E-state index contributed by atoms with van der Waals surface area (Å²) in [6.07, 6.45) is 1.03. The zero-order valence-corrected chi connectivity index (χ0v) is 8.95. The van der Waals surface area contributed by atoms with E-state index in [9.17, 15) is 9.59 Å². The van der Waals surface area contributed by atoms with Crippen LogP contribution in [0, 0.1) is 5.92 Å². The topological polar surface area (TPSA) is 63.6 Å². The molecule has 0 aromatic carbocycles. The maximum atomic E-state index is 11.2. The first-order valence-corrected chi connectivity index (χ1v) is 4.67. The summed E-state index contributed by atoms with van der Waals surface area (Å²) in [5.74, 6) is -0.835. The van der Waals surface area contributed by atoms with Crippen LogP contribution in [0.2, 0.25) is 0 Å². The van der Waals surface area contributed by atoms with Gasteiger partial charge in [0.2, 0.25) is 0 Å². The van der Waals surface area contributed by atoms with E-state index in [2.05, 4.69) is 0 Å². The highest BCUT2D eigenvalue weighted by Crippen LogP contribution is 2.12. The molecule has 1 unspecified atom stereocenters. The van der Waals surface area contributed by atoms with Crippen LogP contribution in [-0.4, -0.2) is 29.6 Å². The maximum absolute atomic E-state index is 11.2. The second-order valence-corrected chi connectivity index (χ2v) is 4.20. The molecule has 0 heterocycles. The molecule has 0 radical (unpaired) electrons. The minimum atomic E-state index is -0.524. The fourth-order valence-corrected chi connectivity index (χ4v) is 0.981. The van der Waals surface area contributed by atoms with Gasteiger partial charge in [-0.05, 0) is 27.2 Å². The molecule has 0 aliphatic heterocycles. The number of carbonyl (C=O) groups excluding carboxylic acids is 2. The third-order valence-electron chi connectivity index (χ3n) is 1.54. The number of hydrogen-bond donors (Lipinski definition) is 1. The van der Waals surface area contributed by atoms with Crippen LogP contribution in [0.25, 0.3) is 0 Å². The molecule has 4 nitrogen and oxygen atoms in total. The Hall–Kier alpha value is -0.900. The fourth-order valence-electron chi connectivity index (χ4n) is 0.981. The number of rotatable bonds is 5. The average Bonchev–Trinajstić information content (AvgIpc) is 2.00. The number of hydrogen-bond acceptors (Lipinski definition) is 4. The molecule has 0 saturated carbocycles. The molecule has 0 rings (SSSR count). The first-order valence-electron chi connectivity index (χ1n) is 4.67. The molecule has 0 aromatic heterocycles. The largest absolute Gasteiger partial charge is 0.460 e. The molecule has 1 N–H and O–H groups in total. The summed E-state index contributed by atoms with van der Waals surface area (Å²) in [5, 5.41) is 8.60. The molecule has 0 bridgehead atoms. The van der Waals surface area contributed by atoms with Crippen molar-refractivity contribution < 1.29 is 19.4 Å². The minimum absolute atomic E-state index is 0.0430. The monoisotopic (exact) mass is 202 g/mol. The van der Waals surface area contributed by atoms with E-state index in [4.69, 9.17) is 9.84 Å². The third kappa shape index (κ3) is 6.60. The molecule has 0 aliphatic carbocycles. The number of carbonyl (C=O) groups is 2. The molecule has 0 amide bonds. The summed E-state index contributed by atoms with van der Waals surface area (Å²) in [7, 11) is 0. The van der Waals surface area contributed by atoms with E-state index in [1.54, 1.807) is 20.8 Å². The highest BCUT2D eigenvalue weighted by molar-refractivity contribution is 5.74. The minimum Gasteiger partial charge on any atom is -0.460 e. The Morgan fingerprint density at radius 3 is 2.43 bits per heavy atom. The summed E-state index contributed by atoms with van der Waals surface area (Å²) in [5.41, 5.74) is -0.524. The van der Waals surface area contributed by atoms with Crippen LogP contribution in [-0.2, 0) is 14.3 Å². The van der Waals surface area contributed by atoms with Crippen molar-refractivity contribution in [3.05, 3.63) is 0 Å². The first-order chi connectivity index (χ1) is 6.39. The molecular weight excluding hydrogens is 184 g/mol. The van der Waals surface area contributed by atoms with Gasteiger partial charge >= 0.3 is 5.97 Å². The van der Waals surface area contributed by atoms with Gasteiger partial charge in [0.15, 0.2) is 0 Å². The standard InChI is InChI=1S/C10H18O4/c1-10(2,3)14-9(13)6-8(7-12)4-5-11/h7-8,11H,4-6H2,1-3H3. The van der Waals surface area contributed by atoms with Crippen LogP contribution in [0.1, 0.15) is 33.6 Å². The van der Waals surface area contributed by atoms with Crippen molar-refractivity contribution in [3.8, 4) is 0 Å². The number of aliphatic hydroxyl groups excluding tert-OH is 1. The van der Waals surface area contributed by atoms with Gasteiger partial charge in [0, 0.05) is 12.5 Å². The van der Waals surface area contributed by atoms with Crippen LogP contribution in [0.15, 0.2) is 0 Å². The van der Waals surface area contributed by atoms with Crippen molar-refractivity contribution in [2.45, 2.75) is 39.2 Å². The lowest BCUT2D eigenvalue weighted by molar-refractivity contribution is -0.156. The van der Waals surface area contributed by atoms with Crippen molar-refractivity contribution in [1.29, 1.82) is 0 Å². The zero-order chi connectivity index (χ0) is 11.2. The van der Waals surface area contributed by atoms with Gasteiger partial charge in [0.1, 0.15) is 11.9 Å². The van der Waals surface area contributed by atoms with Crippen molar-refractivity contribution in [2.24, 2.45) is 5.92 Å². The van der Waals surface area contributed by atoms with Gasteiger partial charge in [-0.15, -0.1) is 0 Å². The van der Waals surface area contributed by atoms with Gasteiger partial charge in [-0.25, -0.2) is 0 Å². The summed E-state index contributed by atoms with van der Waals surface area (Å²) in [6.45, 7) is 5.22. The second kappa shape index (κ2) is 5.75. The molecule has 82 valence electrons. The third-order valence-corrected chi connectivity index (χ3v) is 1.54. The summed E-state index contributed by atoms with van der Waals surface area (Å²) >= 11 is 0. The second-order valence-electron chi connectivity index (χ2n) is 4.20. The Morgan fingerprint density at radius 1 is 1.50 bits per heavy atom. The van der Waals surface area contributed by atoms with Crippen LogP contribution >= 0.6 is 0 Å². The van der Waals surface area contributed by atoms with Gasteiger partial charge in [0.05, 0.1) is 6.42 Å². The maximum Gasteiger partial charge on any atom is 0.307 e. The van der Waals surface area contributed by atoms with Crippen molar-refractivity contribution in [1.82, 2.24) is 0 Å². The molecule has 0 saturated heterocycles. The lowest BCUT2D eigenvalue weighted by atomic mass is 10.0. The van der Waals surface area contributed by atoms with Gasteiger partial charge in [-0.2, -0.15) is 0 Å². The Kier molecular flexibility index (Phi) is 5.38. The Morgan fingerprint density at radius 2 is 2.07 bits per heavy atom. The zero-order valence-electron chi connectivity index (χ0n) is 8.95. The van der Waals surface area contributed by atoms with E-state index >= 15 is 0 Å². The van der Waals surface area contributed by atoms with Gasteiger partial charge in [-0.3, -0.25) is 4.79 Å². The predicted molar refractivity (Wildman–Crippen MR) is 51.7 cm³/mol. The number of aldehydes is 1. The predicted octanol–water partition coefficient (Wildman–Crippen LogP) is 0.916. The van der Waals surface area contributed by atoms with Crippen molar-refractivity contribution in [2.75, 3.05) is 6.61 Å².